The van der Waals surface area contributed by atoms with Gasteiger partial charge in [-0.25, -0.2) is 4.79 Å². The van der Waals surface area contributed by atoms with E-state index in [9.17, 15) is 4.79 Å². The molecule has 2 aromatic rings. The molecule has 0 fully saturated rings. The smallest absolute Gasteiger partial charge is 0.418 e. The summed E-state index contributed by atoms with van der Waals surface area (Å²) in [5, 5.41) is 1.05. The van der Waals surface area contributed by atoms with Gasteiger partial charge in [-0.05, 0) is 45.9 Å². The van der Waals surface area contributed by atoms with Crippen LogP contribution < -0.4 is 0 Å². The maximum Gasteiger partial charge on any atom is 0.418 e. The standard InChI is InChI=1S/C14H17NO2/c1-10-5-6-12-11(9-10)7-8-15(12)13(16)17-14(2,3)4/h5-9H,1-4H3. The van der Waals surface area contributed by atoms with Gasteiger partial charge in [0.05, 0.1) is 5.52 Å². The lowest BCUT2D eigenvalue weighted by Crippen LogP contribution is -2.26. The molecule has 1 heterocycles. The van der Waals surface area contributed by atoms with Gasteiger partial charge < -0.3 is 4.74 Å². The van der Waals surface area contributed by atoms with Gasteiger partial charge >= 0.3 is 6.09 Å². The third-order valence-electron chi connectivity index (χ3n) is 2.44. The van der Waals surface area contributed by atoms with E-state index in [1.807, 2.05) is 45.9 Å². The molecular weight excluding hydrogens is 214 g/mol. The second-order valence-corrected chi connectivity index (χ2v) is 5.23. The minimum absolute atomic E-state index is 0.337. The topological polar surface area (TPSA) is 31.2 Å². The Labute approximate surface area is 101 Å². The van der Waals surface area contributed by atoms with Crippen LogP contribution in [-0.4, -0.2) is 16.3 Å². The molecule has 90 valence electrons. The van der Waals surface area contributed by atoms with E-state index in [1.54, 1.807) is 10.8 Å². The first-order valence-corrected chi connectivity index (χ1v) is 5.68. The average Bonchev–Trinajstić information content (AvgIpc) is 2.57. The first kappa shape index (κ1) is 11.7. The molecule has 0 spiro atoms. The van der Waals surface area contributed by atoms with Crippen molar-refractivity contribution in [1.82, 2.24) is 4.57 Å². The molecule has 0 aliphatic rings. The van der Waals surface area contributed by atoms with E-state index < -0.39 is 5.60 Å². The highest BCUT2D eigenvalue weighted by atomic mass is 16.6. The van der Waals surface area contributed by atoms with Crippen LogP contribution in [0.3, 0.4) is 0 Å². The average molecular weight is 231 g/mol. The molecule has 17 heavy (non-hydrogen) atoms. The fraction of sp³-hybridized carbons (Fsp3) is 0.357. The van der Waals surface area contributed by atoms with E-state index in [1.165, 1.54) is 5.56 Å². The van der Waals surface area contributed by atoms with Crippen LogP contribution in [0.2, 0.25) is 0 Å². The van der Waals surface area contributed by atoms with Crippen molar-refractivity contribution < 1.29 is 9.53 Å². The van der Waals surface area contributed by atoms with Gasteiger partial charge in [0.15, 0.2) is 0 Å². The first-order valence-electron chi connectivity index (χ1n) is 5.68. The fourth-order valence-corrected chi connectivity index (χ4v) is 1.73. The SMILES string of the molecule is Cc1ccc2c(ccn2C(=O)OC(C)(C)C)c1. The molecule has 2 rings (SSSR count). The van der Waals surface area contributed by atoms with E-state index in [0.717, 1.165) is 10.9 Å². The van der Waals surface area contributed by atoms with Gasteiger partial charge in [-0.1, -0.05) is 11.6 Å². The zero-order valence-corrected chi connectivity index (χ0v) is 10.7. The lowest BCUT2D eigenvalue weighted by Gasteiger charge is -2.19. The van der Waals surface area contributed by atoms with Crippen molar-refractivity contribution in [1.29, 1.82) is 0 Å². The zero-order chi connectivity index (χ0) is 12.6. The number of benzene rings is 1. The monoisotopic (exact) mass is 231 g/mol. The van der Waals surface area contributed by atoms with E-state index >= 15 is 0 Å². The number of aryl methyl sites for hydroxylation is 1. The Hall–Kier alpha value is -1.77. The Morgan fingerprint density at radius 3 is 2.59 bits per heavy atom. The van der Waals surface area contributed by atoms with Gasteiger partial charge in [0.1, 0.15) is 5.60 Å². The van der Waals surface area contributed by atoms with Crippen molar-refractivity contribution in [2.24, 2.45) is 0 Å². The summed E-state index contributed by atoms with van der Waals surface area (Å²) in [6, 6.07) is 7.90. The summed E-state index contributed by atoms with van der Waals surface area (Å²) in [5.41, 5.74) is 1.59. The molecule has 1 aromatic heterocycles. The van der Waals surface area contributed by atoms with Gasteiger partial charge in [0, 0.05) is 11.6 Å². The lowest BCUT2D eigenvalue weighted by atomic mass is 10.2. The zero-order valence-electron chi connectivity index (χ0n) is 10.7. The number of hydrogen-bond donors (Lipinski definition) is 0. The number of fused-ring (bicyclic) bond motifs is 1. The molecule has 0 bridgehead atoms. The quantitative estimate of drug-likeness (QED) is 0.691. The fourth-order valence-electron chi connectivity index (χ4n) is 1.73. The number of ether oxygens (including phenoxy) is 1. The molecule has 0 radical (unpaired) electrons. The van der Waals surface area contributed by atoms with Gasteiger partial charge in [-0.15, -0.1) is 0 Å². The van der Waals surface area contributed by atoms with Crippen molar-refractivity contribution in [3.8, 4) is 0 Å². The number of carbonyl (C=O) groups is 1. The van der Waals surface area contributed by atoms with Crippen molar-refractivity contribution in [3.05, 3.63) is 36.0 Å². The molecule has 1 aromatic carbocycles. The number of nitrogens with zero attached hydrogens (tertiary/aromatic N) is 1. The lowest BCUT2D eigenvalue weighted by molar-refractivity contribution is 0.0544. The van der Waals surface area contributed by atoms with Crippen molar-refractivity contribution >= 4 is 17.0 Å². The maximum atomic E-state index is 12.0. The van der Waals surface area contributed by atoms with E-state index in [2.05, 4.69) is 6.07 Å². The second-order valence-electron chi connectivity index (χ2n) is 5.23. The molecule has 3 heteroatoms. The summed E-state index contributed by atoms with van der Waals surface area (Å²) in [4.78, 5) is 12.0. The number of aromatic nitrogens is 1. The van der Waals surface area contributed by atoms with Crippen LogP contribution in [0, 0.1) is 6.92 Å². The van der Waals surface area contributed by atoms with Gasteiger partial charge in [0.25, 0.3) is 0 Å². The van der Waals surface area contributed by atoms with Crippen molar-refractivity contribution in [3.63, 3.8) is 0 Å². The Balaban J connectivity index is 2.40. The third-order valence-corrected chi connectivity index (χ3v) is 2.44. The normalized spacial score (nSPS) is 11.8. The predicted molar refractivity (Wildman–Crippen MR) is 68.3 cm³/mol. The van der Waals surface area contributed by atoms with Crippen LogP contribution >= 0.6 is 0 Å². The highest BCUT2D eigenvalue weighted by Crippen LogP contribution is 2.19. The largest absolute Gasteiger partial charge is 0.443 e. The van der Waals surface area contributed by atoms with Crippen molar-refractivity contribution in [2.75, 3.05) is 0 Å². The highest BCUT2D eigenvalue weighted by molar-refractivity contribution is 5.89. The van der Waals surface area contributed by atoms with E-state index in [-0.39, 0.29) is 6.09 Å². The molecule has 0 aliphatic carbocycles. The van der Waals surface area contributed by atoms with Crippen molar-refractivity contribution in [2.45, 2.75) is 33.3 Å². The number of rotatable bonds is 0. The Morgan fingerprint density at radius 2 is 1.94 bits per heavy atom. The van der Waals surface area contributed by atoms with Crippen LogP contribution in [0.4, 0.5) is 4.79 Å². The van der Waals surface area contributed by atoms with E-state index in [0.29, 0.717) is 0 Å². The first-order chi connectivity index (χ1) is 7.87. The molecule has 3 nitrogen and oxygen atoms in total. The second kappa shape index (κ2) is 3.91. The van der Waals surface area contributed by atoms with Crippen LogP contribution in [-0.2, 0) is 4.74 Å². The number of carbonyl (C=O) groups excluding carboxylic acids is 1. The summed E-state index contributed by atoms with van der Waals surface area (Å²) < 4.78 is 6.89. The van der Waals surface area contributed by atoms with Gasteiger partial charge in [-0.3, -0.25) is 4.57 Å². The summed E-state index contributed by atoms with van der Waals surface area (Å²) in [7, 11) is 0. The van der Waals surface area contributed by atoms with Crippen LogP contribution in [0.15, 0.2) is 30.5 Å². The Kier molecular flexibility index (Phi) is 2.69. The highest BCUT2D eigenvalue weighted by Gasteiger charge is 2.18. The molecule has 0 N–H and O–H groups in total. The maximum absolute atomic E-state index is 12.0. The van der Waals surface area contributed by atoms with Crippen LogP contribution in [0.1, 0.15) is 26.3 Å². The summed E-state index contributed by atoms with van der Waals surface area (Å²) >= 11 is 0. The molecule has 0 atom stereocenters. The Bertz CT molecular complexity index is 561. The predicted octanol–water partition coefficient (Wildman–Crippen LogP) is 3.73. The van der Waals surface area contributed by atoms with Gasteiger partial charge in [0.2, 0.25) is 0 Å². The Morgan fingerprint density at radius 1 is 1.24 bits per heavy atom. The molecule has 0 aliphatic heterocycles. The molecule has 0 saturated heterocycles. The summed E-state index contributed by atoms with van der Waals surface area (Å²) in [5.74, 6) is 0. The number of hydrogen-bond acceptors (Lipinski definition) is 2. The van der Waals surface area contributed by atoms with Crippen LogP contribution in [0.25, 0.3) is 10.9 Å². The molecule has 0 unspecified atom stereocenters. The molecule has 0 saturated carbocycles. The molecule has 0 amide bonds. The van der Waals surface area contributed by atoms with Crippen LogP contribution in [0.5, 0.6) is 0 Å². The summed E-state index contributed by atoms with van der Waals surface area (Å²) in [6.45, 7) is 7.62. The van der Waals surface area contributed by atoms with Gasteiger partial charge in [-0.2, -0.15) is 0 Å². The third kappa shape index (κ3) is 2.49. The summed E-state index contributed by atoms with van der Waals surface area (Å²) in [6.07, 6.45) is 1.41. The van der Waals surface area contributed by atoms with E-state index in [4.69, 9.17) is 4.74 Å². The minimum Gasteiger partial charge on any atom is -0.443 e. The minimum atomic E-state index is -0.474. The molecular formula is C14H17NO2.